The van der Waals surface area contributed by atoms with Gasteiger partial charge in [0, 0.05) is 5.92 Å². The van der Waals surface area contributed by atoms with E-state index in [9.17, 15) is 38.7 Å². The number of amides is 6. The summed E-state index contributed by atoms with van der Waals surface area (Å²) in [5.74, 6) is -6.27. The first-order chi connectivity index (χ1) is 22.8. The molecule has 2 aromatic carbocycles. The summed E-state index contributed by atoms with van der Waals surface area (Å²) in [6.45, 7) is 3.38. The SMILES string of the molecule is CC[C@@H](NC(=O)OCC1c2ccccc2-c2ccccc21)C(=O)N[C@@H](C)C(=O)NC(CC(=O)O)C(=O)N[C@@H](C)C(=O)N[C@@H](CO)C(N)=O. The lowest BCUT2D eigenvalue weighted by Gasteiger charge is -2.24. The molecule has 2 aromatic rings. The van der Waals surface area contributed by atoms with Gasteiger partial charge in [0.2, 0.25) is 29.5 Å². The van der Waals surface area contributed by atoms with Crippen LogP contribution < -0.4 is 32.3 Å². The summed E-state index contributed by atoms with van der Waals surface area (Å²) in [6.07, 6.45) is -1.57. The molecule has 0 spiro atoms. The minimum Gasteiger partial charge on any atom is -0.481 e. The number of rotatable bonds is 16. The minimum atomic E-state index is -1.66. The number of alkyl carbamates (subject to hydrolysis) is 1. The van der Waals surface area contributed by atoms with Gasteiger partial charge in [0.05, 0.1) is 13.0 Å². The van der Waals surface area contributed by atoms with Crippen molar-refractivity contribution in [2.75, 3.05) is 13.2 Å². The number of primary amides is 1. The van der Waals surface area contributed by atoms with Crippen LogP contribution in [0.2, 0.25) is 0 Å². The van der Waals surface area contributed by atoms with Gasteiger partial charge in [0.25, 0.3) is 0 Å². The normalized spacial score (nSPS) is 14.8. The number of nitrogens with one attached hydrogen (secondary N) is 5. The molecule has 9 N–H and O–H groups in total. The van der Waals surface area contributed by atoms with Gasteiger partial charge in [0.15, 0.2) is 0 Å². The van der Waals surface area contributed by atoms with Crippen molar-refractivity contribution in [3.05, 3.63) is 59.7 Å². The number of carbonyl (C=O) groups excluding carboxylic acids is 6. The van der Waals surface area contributed by atoms with E-state index in [0.29, 0.717) is 0 Å². The number of ether oxygens (including phenoxy) is 1. The molecule has 0 aromatic heterocycles. The molecule has 1 unspecified atom stereocenters. The Morgan fingerprint density at radius 3 is 1.67 bits per heavy atom. The van der Waals surface area contributed by atoms with E-state index in [0.717, 1.165) is 22.3 Å². The Labute approximate surface area is 276 Å². The number of aliphatic hydroxyl groups is 1. The van der Waals surface area contributed by atoms with Crippen LogP contribution in [0.15, 0.2) is 48.5 Å². The van der Waals surface area contributed by atoms with Gasteiger partial charge >= 0.3 is 12.1 Å². The highest BCUT2D eigenvalue weighted by Crippen LogP contribution is 2.44. The minimum absolute atomic E-state index is 0.0250. The Balaban J connectivity index is 1.55. The summed E-state index contributed by atoms with van der Waals surface area (Å²) < 4.78 is 5.51. The van der Waals surface area contributed by atoms with E-state index >= 15 is 0 Å². The van der Waals surface area contributed by atoms with Crippen molar-refractivity contribution in [3.63, 3.8) is 0 Å². The highest BCUT2D eigenvalue weighted by molar-refractivity contribution is 5.97. The molecule has 0 aliphatic heterocycles. The maximum absolute atomic E-state index is 13.0. The summed E-state index contributed by atoms with van der Waals surface area (Å²) >= 11 is 0. The highest BCUT2D eigenvalue weighted by atomic mass is 16.5. The Kier molecular flexibility index (Phi) is 13.0. The van der Waals surface area contributed by atoms with Crippen molar-refractivity contribution < 1.29 is 48.5 Å². The van der Waals surface area contributed by atoms with Crippen LogP contribution in [0.5, 0.6) is 0 Å². The lowest BCUT2D eigenvalue weighted by Crippen LogP contribution is -2.58. The van der Waals surface area contributed by atoms with E-state index in [2.05, 4.69) is 26.6 Å². The molecule has 0 saturated carbocycles. The second kappa shape index (κ2) is 16.9. The average Bonchev–Trinajstić information content (AvgIpc) is 3.37. The van der Waals surface area contributed by atoms with E-state index in [4.69, 9.17) is 15.6 Å². The molecule has 3 rings (SSSR count). The zero-order valence-corrected chi connectivity index (χ0v) is 26.6. The summed E-state index contributed by atoms with van der Waals surface area (Å²) in [5, 5.41) is 29.9. The number of hydrogen-bond acceptors (Lipinski definition) is 9. The summed E-state index contributed by atoms with van der Waals surface area (Å²) in [7, 11) is 0. The lowest BCUT2D eigenvalue weighted by molar-refractivity contribution is -0.141. The number of aliphatic hydroxyl groups excluding tert-OH is 1. The van der Waals surface area contributed by atoms with Crippen molar-refractivity contribution in [1.82, 2.24) is 26.6 Å². The fraction of sp³-hybridized carbons (Fsp3) is 0.406. The first-order valence-electron chi connectivity index (χ1n) is 15.2. The number of hydrogen-bond donors (Lipinski definition) is 8. The topological polar surface area (TPSA) is 255 Å². The zero-order chi connectivity index (χ0) is 35.5. The molecule has 258 valence electrons. The number of fused-ring (bicyclic) bond motifs is 3. The Bertz CT molecular complexity index is 1500. The molecule has 1 aliphatic rings. The van der Waals surface area contributed by atoms with Crippen molar-refractivity contribution in [3.8, 4) is 11.1 Å². The maximum atomic E-state index is 13.0. The van der Waals surface area contributed by atoms with E-state index < -0.39 is 84.8 Å². The molecule has 48 heavy (non-hydrogen) atoms. The maximum Gasteiger partial charge on any atom is 0.407 e. The van der Waals surface area contributed by atoms with Gasteiger partial charge in [-0.3, -0.25) is 28.8 Å². The average molecular weight is 669 g/mol. The quantitative estimate of drug-likeness (QED) is 0.111. The third-order valence-electron chi connectivity index (χ3n) is 7.72. The fourth-order valence-electron chi connectivity index (χ4n) is 5.08. The fourth-order valence-corrected chi connectivity index (χ4v) is 5.08. The lowest BCUT2D eigenvalue weighted by atomic mass is 9.98. The smallest absolute Gasteiger partial charge is 0.407 e. The first kappa shape index (κ1) is 37.0. The van der Waals surface area contributed by atoms with E-state index in [1.165, 1.54) is 13.8 Å². The Hall–Kier alpha value is -5.51. The van der Waals surface area contributed by atoms with Gasteiger partial charge < -0.3 is 47.3 Å². The predicted molar refractivity (Wildman–Crippen MR) is 170 cm³/mol. The number of carboxylic acids is 1. The van der Waals surface area contributed by atoms with Crippen LogP contribution in [-0.2, 0) is 33.5 Å². The van der Waals surface area contributed by atoms with Gasteiger partial charge in [-0.25, -0.2) is 4.79 Å². The van der Waals surface area contributed by atoms with Gasteiger partial charge in [-0.05, 0) is 42.5 Å². The highest BCUT2D eigenvalue weighted by Gasteiger charge is 2.32. The molecule has 0 bridgehead atoms. The van der Waals surface area contributed by atoms with Crippen LogP contribution >= 0.6 is 0 Å². The summed E-state index contributed by atoms with van der Waals surface area (Å²) in [4.78, 5) is 86.3. The predicted octanol–water partition coefficient (Wildman–Crippen LogP) is -0.765. The van der Waals surface area contributed by atoms with E-state index in [1.54, 1.807) is 6.92 Å². The van der Waals surface area contributed by atoms with E-state index in [-0.39, 0.29) is 18.9 Å². The molecular formula is C32H40N6O10. The number of carbonyl (C=O) groups is 7. The van der Waals surface area contributed by atoms with Crippen molar-refractivity contribution in [2.24, 2.45) is 5.73 Å². The first-order valence-corrected chi connectivity index (χ1v) is 15.2. The summed E-state index contributed by atoms with van der Waals surface area (Å²) in [5.41, 5.74) is 9.21. The van der Waals surface area contributed by atoms with Crippen LogP contribution in [0.4, 0.5) is 4.79 Å². The molecule has 0 saturated heterocycles. The van der Waals surface area contributed by atoms with Crippen molar-refractivity contribution >= 4 is 41.6 Å². The van der Waals surface area contributed by atoms with Gasteiger partial charge in [-0.2, -0.15) is 0 Å². The molecule has 16 nitrogen and oxygen atoms in total. The Morgan fingerprint density at radius 1 is 0.729 bits per heavy atom. The van der Waals surface area contributed by atoms with E-state index in [1.807, 2.05) is 48.5 Å². The van der Waals surface area contributed by atoms with Crippen molar-refractivity contribution in [2.45, 2.75) is 69.7 Å². The van der Waals surface area contributed by atoms with Crippen molar-refractivity contribution in [1.29, 1.82) is 0 Å². The molecule has 5 atom stereocenters. The summed E-state index contributed by atoms with van der Waals surface area (Å²) in [6, 6.07) is 8.88. The zero-order valence-electron chi connectivity index (χ0n) is 26.6. The van der Waals surface area contributed by atoms with Crippen LogP contribution in [0, 0.1) is 0 Å². The standard InChI is InChI=1S/C32H40N6O10/c1-4-23(38-32(47)48-15-22-20-11-7-5-9-18(20)19-10-6-8-12-21(19)22)30(45)34-16(2)28(43)36-24(13-26(40)41)31(46)35-17(3)29(44)37-25(14-39)27(33)42/h5-12,16-17,22-25,39H,4,13-15H2,1-3H3,(H2,33,42)(H,34,45)(H,35,46)(H,36,43)(H,37,44)(H,38,47)(H,40,41)/t16-,17-,23+,24?,25-/m0/s1. The van der Waals surface area contributed by atoms with Crippen LogP contribution in [0.3, 0.4) is 0 Å². The second-order valence-electron chi connectivity index (χ2n) is 11.2. The molecule has 6 amide bonds. The number of aliphatic carboxylic acids is 1. The molecule has 0 heterocycles. The van der Waals surface area contributed by atoms with Gasteiger partial charge in [-0.15, -0.1) is 0 Å². The van der Waals surface area contributed by atoms with Gasteiger partial charge in [-0.1, -0.05) is 55.5 Å². The van der Waals surface area contributed by atoms with Crippen LogP contribution in [0.1, 0.15) is 50.7 Å². The molecule has 1 aliphatic carbocycles. The molecule has 16 heteroatoms. The Morgan fingerprint density at radius 2 is 1.21 bits per heavy atom. The molecule has 0 fully saturated rings. The van der Waals surface area contributed by atoms with Crippen LogP contribution in [-0.4, -0.2) is 95.2 Å². The third kappa shape index (κ3) is 9.51. The number of nitrogens with two attached hydrogens (primary N) is 1. The van der Waals surface area contributed by atoms with Crippen LogP contribution in [0.25, 0.3) is 11.1 Å². The third-order valence-corrected chi connectivity index (χ3v) is 7.72. The molecular weight excluding hydrogens is 628 g/mol. The second-order valence-corrected chi connectivity index (χ2v) is 11.2. The van der Waals surface area contributed by atoms with Gasteiger partial charge in [0.1, 0.15) is 36.8 Å². The number of carboxylic acid groups (broad SMARTS) is 1. The molecule has 0 radical (unpaired) electrons. The largest absolute Gasteiger partial charge is 0.481 e. The number of benzene rings is 2. The monoisotopic (exact) mass is 668 g/mol.